The van der Waals surface area contributed by atoms with E-state index < -0.39 is 11.2 Å². The molecule has 23 heavy (non-hydrogen) atoms. The normalized spacial score (nSPS) is 18.0. The molecule has 0 amide bonds. The molecule has 0 bridgehead atoms. The monoisotopic (exact) mass is 333 g/mol. The first-order valence-corrected chi connectivity index (χ1v) is 8.53. The summed E-state index contributed by atoms with van der Waals surface area (Å²) >= 11 is 6.38. The summed E-state index contributed by atoms with van der Waals surface area (Å²) < 4.78 is 11.9. The number of aliphatic hydroxyl groups is 1. The Balaban J connectivity index is 2.09. The molecular formula is C18H23BClO3. The van der Waals surface area contributed by atoms with Crippen LogP contribution in [-0.2, 0) is 4.65 Å². The molecule has 3 rings (SSSR count). The summed E-state index contributed by atoms with van der Waals surface area (Å²) in [5.74, 6) is 0. The van der Waals surface area contributed by atoms with Crippen LogP contribution < -0.4 is 21.3 Å². The fourth-order valence-corrected chi connectivity index (χ4v) is 2.96. The quantitative estimate of drug-likeness (QED) is 0.838. The summed E-state index contributed by atoms with van der Waals surface area (Å²) in [7, 11) is 1.78. The molecular weight excluding hydrogens is 310 g/mol. The third kappa shape index (κ3) is 3.04. The van der Waals surface area contributed by atoms with Gasteiger partial charge in [0.05, 0.1) is 16.2 Å². The van der Waals surface area contributed by atoms with Gasteiger partial charge < -0.3 is 14.2 Å². The average Bonchev–Trinajstić information content (AvgIpc) is 2.86. The van der Waals surface area contributed by atoms with Crippen molar-refractivity contribution in [2.24, 2.45) is 0 Å². The lowest BCUT2D eigenvalue weighted by atomic mass is 9.77. The second-order valence-corrected chi connectivity index (χ2v) is 7.76. The van der Waals surface area contributed by atoms with Crippen molar-refractivity contribution >= 4 is 41.7 Å². The maximum atomic E-state index is 10.3. The molecule has 0 unspecified atom stereocenters. The summed E-state index contributed by atoms with van der Waals surface area (Å²) in [4.78, 5) is 0. The summed E-state index contributed by atoms with van der Waals surface area (Å²) in [6, 6.07) is 0. The zero-order chi connectivity index (χ0) is 16.8. The van der Waals surface area contributed by atoms with Crippen LogP contribution in [0.4, 0.5) is 0 Å². The van der Waals surface area contributed by atoms with Crippen LogP contribution in [-0.4, -0.2) is 23.8 Å². The number of hydrogen-bond acceptors (Lipinski definition) is 3. The summed E-state index contributed by atoms with van der Waals surface area (Å²) in [6.07, 6.45) is 7.91. The van der Waals surface area contributed by atoms with Crippen LogP contribution in [0.3, 0.4) is 0 Å². The number of rotatable bonds is 4. The molecule has 0 spiro atoms. The molecule has 1 aromatic rings. The Kier molecular flexibility index (Phi) is 4.28. The predicted molar refractivity (Wildman–Crippen MR) is 94.5 cm³/mol. The van der Waals surface area contributed by atoms with Crippen LogP contribution in [0.25, 0.3) is 22.7 Å². The largest absolute Gasteiger partial charge is 0.455 e. The van der Waals surface area contributed by atoms with Crippen molar-refractivity contribution in [3.05, 3.63) is 21.3 Å². The van der Waals surface area contributed by atoms with Gasteiger partial charge in [0, 0.05) is 10.4 Å². The number of hydrogen-bond donors (Lipinski definition) is 1. The minimum absolute atomic E-state index is 0.690. The third-order valence-electron chi connectivity index (χ3n) is 4.97. The fraction of sp³-hybridized carbons (Fsp3) is 0.556. The van der Waals surface area contributed by atoms with Crippen LogP contribution in [0.5, 0.6) is 0 Å². The van der Waals surface area contributed by atoms with E-state index in [1.807, 2.05) is 13.8 Å². The molecule has 1 heterocycles. The van der Waals surface area contributed by atoms with E-state index in [0.29, 0.717) is 0 Å². The molecule has 123 valence electrons. The Morgan fingerprint density at radius 1 is 1.17 bits per heavy atom. The SMILES string of the molecule is CC(C)(O)C(C)(C)O[B]C1=c2c(oc3c2=CCCC=3)=C(Cl)CC1. The third-order valence-corrected chi connectivity index (χ3v) is 5.33. The molecule has 2 aliphatic carbocycles. The highest BCUT2D eigenvalue weighted by atomic mass is 35.5. The molecule has 1 radical (unpaired) electrons. The van der Waals surface area contributed by atoms with E-state index in [-0.39, 0.29) is 0 Å². The first-order chi connectivity index (χ1) is 10.7. The van der Waals surface area contributed by atoms with Crippen molar-refractivity contribution in [2.75, 3.05) is 0 Å². The molecule has 0 aliphatic heterocycles. The van der Waals surface area contributed by atoms with Gasteiger partial charge in [0.25, 0.3) is 0 Å². The van der Waals surface area contributed by atoms with Gasteiger partial charge in [-0.3, -0.25) is 0 Å². The number of halogens is 1. The summed E-state index contributed by atoms with van der Waals surface area (Å²) in [5.41, 5.74) is 1.13. The average molecular weight is 334 g/mol. The highest BCUT2D eigenvalue weighted by molar-refractivity contribution is 6.53. The van der Waals surface area contributed by atoms with Crippen molar-refractivity contribution in [1.29, 1.82) is 0 Å². The lowest BCUT2D eigenvalue weighted by Crippen LogP contribution is -2.49. The molecule has 1 aromatic heterocycles. The van der Waals surface area contributed by atoms with E-state index >= 15 is 0 Å². The minimum atomic E-state index is -0.943. The first-order valence-electron chi connectivity index (χ1n) is 8.15. The lowest BCUT2D eigenvalue weighted by molar-refractivity contribution is -0.0893. The van der Waals surface area contributed by atoms with E-state index in [2.05, 4.69) is 12.2 Å². The van der Waals surface area contributed by atoms with Gasteiger partial charge >= 0.3 is 7.48 Å². The van der Waals surface area contributed by atoms with E-state index in [4.69, 9.17) is 20.7 Å². The molecule has 0 atom stereocenters. The van der Waals surface area contributed by atoms with Crippen LogP contribution >= 0.6 is 11.6 Å². The summed E-state index contributed by atoms with van der Waals surface area (Å²) in [5, 5.41) is 13.2. The van der Waals surface area contributed by atoms with Gasteiger partial charge in [-0.05, 0) is 59.5 Å². The maximum absolute atomic E-state index is 10.3. The smallest absolute Gasteiger partial charge is 0.327 e. The van der Waals surface area contributed by atoms with Gasteiger partial charge in [-0.1, -0.05) is 23.1 Å². The van der Waals surface area contributed by atoms with E-state index in [9.17, 15) is 5.11 Å². The van der Waals surface area contributed by atoms with E-state index in [0.717, 1.165) is 57.5 Å². The second-order valence-electron chi connectivity index (χ2n) is 7.30. The zero-order valence-electron chi connectivity index (χ0n) is 14.2. The molecule has 2 aliphatic rings. The van der Waals surface area contributed by atoms with Crippen molar-refractivity contribution in [3.8, 4) is 0 Å². The van der Waals surface area contributed by atoms with Crippen molar-refractivity contribution < 1.29 is 14.2 Å². The molecule has 5 heteroatoms. The Labute approximate surface area is 142 Å². The molecule has 3 nitrogen and oxygen atoms in total. The Hall–Kier alpha value is -0.965. The predicted octanol–water partition coefficient (Wildman–Crippen LogP) is 1.07. The summed E-state index contributed by atoms with van der Waals surface area (Å²) in [6.45, 7) is 7.28. The fourth-order valence-electron chi connectivity index (χ4n) is 2.73. The molecule has 0 saturated carbocycles. The second kappa shape index (κ2) is 5.84. The van der Waals surface area contributed by atoms with Gasteiger partial charge in [0.1, 0.15) is 10.8 Å². The number of furan rings is 1. The number of fused-ring (bicyclic) bond motifs is 3. The highest BCUT2D eigenvalue weighted by Gasteiger charge is 2.36. The van der Waals surface area contributed by atoms with Crippen LogP contribution in [0.2, 0.25) is 0 Å². The Morgan fingerprint density at radius 3 is 2.57 bits per heavy atom. The van der Waals surface area contributed by atoms with Gasteiger partial charge in [0.2, 0.25) is 0 Å². The maximum Gasteiger partial charge on any atom is 0.327 e. The van der Waals surface area contributed by atoms with E-state index in [1.165, 1.54) is 0 Å². The van der Waals surface area contributed by atoms with Crippen molar-refractivity contribution in [1.82, 2.24) is 0 Å². The Morgan fingerprint density at radius 2 is 1.87 bits per heavy atom. The molecule has 0 aromatic carbocycles. The van der Waals surface area contributed by atoms with Crippen LogP contribution in [0.15, 0.2) is 4.42 Å². The molecule has 0 saturated heterocycles. The zero-order valence-corrected chi connectivity index (χ0v) is 15.0. The van der Waals surface area contributed by atoms with E-state index in [1.54, 1.807) is 21.3 Å². The van der Waals surface area contributed by atoms with Gasteiger partial charge in [0.15, 0.2) is 0 Å². The van der Waals surface area contributed by atoms with Gasteiger partial charge in [-0.15, -0.1) is 0 Å². The first kappa shape index (κ1) is 16.9. The standard InChI is InChI=1S/C18H23BClO3/c1-17(2,21)18(3,4)23-19-12-9-10-13(20)16-15(12)11-7-5-6-8-14(11)22-16/h7-8,21H,5-6,9-10H2,1-4H3. The Bertz CT molecular complexity index is 856. The van der Waals surface area contributed by atoms with Crippen LogP contribution in [0, 0.1) is 0 Å². The van der Waals surface area contributed by atoms with Crippen LogP contribution in [0.1, 0.15) is 53.4 Å². The molecule has 0 fully saturated rings. The van der Waals surface area contributed by atoms with Gasteiger partial charge in [-0.2, -0.15) is 0 Å². The lowest BCUT2D eigenvalue weighted by Gasteiger charge is -2.37. The topological polar surface area (TPSA) is 42.6 Å². The molecule has 1 N–H and O–H groups in total. The van der Waals surface area contributed by atoms with Crippen molar-refractivity contribution in [2.45, 2.75) is 64.6 Å². The van der Waals surface area contributed by atoms with Crippen molar-refractivity contribution in [3.63, 3.8) is 0 Å². The van der Waals surface area contributed by atoms with Gasteiger partial charge in [-0.25, -0.2) is 0 Å². The minimum Gasteiger partial charge on any atom is -0.455 e. The highest BCUT2D eigenvalue weighted by Crippen LogP contribution is 2.26.